The van der Waals surface area contributed by atoms with Gasteiger partial charge in [0.15, 0.2) is 5.78 Å². The number of allylic oxidation sites excluding steroid dienone is 1. The summed E-state index contributed by atoms with van der Waals surface area (Å²) in [5.41, 5.74) is 1.41. The Bertz CT molecular complexity index is 929. The molecule has 1 saturated heterocycles. The Hall–Kier alpha value is -2.57. The van der Waals surface area contributed by atoms with Crippen molar-refractivity contribution in [3.63, 3.8) is 0 Å². The Kier molecular flexibility index (Phi) is 4.54. The van der Waals surface area contributed by atoms with Gasteiger partial charge in [0.2, 0.25) is 0 Å². The van der Waals surface area contributed by atoms with Crippen molar-refractivity contribution in [1.29, 1.82) is 0 Å². The van der Waals surface area contributed by atoms with Gasteiger partial charge in [0.05, 0.1) is 13.2 Å². The van der Waals surface area contributed by atoms with Crippen molar-refractivity contribution in [3.8, 4) is 0 Å². The van der Waals surface area contributed by atoms with E-state index in [4.69, 9.17) is 4.74 Å². The second kappa shape index (κ2) is 7.13. The quantitative estimate of drug-likeness (QED) is 0.532. The topological polar surface area (TPSA) is 55.3 Å². The minimum Gasteiger partial charge on any atom is -0.378 e. The molecule has 0 unspecified atom stereocenters. The van der Waals surface area contributed by atoms with Gasteiger partial charge in [-0.15, -0.1) is 5.10 Å². The van der Waals surface area contributed by atoms with Gasteiger partial charge in [-0.3, -0.25) is 4.79 Å². The number of anilines is 1. The largest absolute Gasteiger partial charge is 0.378 e. The number of morpholine rings is 1. The maximum absolute atomic E-state index is 12.5. The third kappa shape index (κ3) is 3.45. The predicted molar refractivity (Wildman–Crippen MR) is 100 cm³/mol. The summed E-state index contributed by atoms with van der Waals surface area (Å²) in [6.07, 6.45) is 3.33. The number of benzene rings is 2. The fourth-order valence-corrected chi connectivity index (χ4v) is 3.58. The summed E-state index contributed by atoms with van der Waals surface area (Å²) in [5.74, 6) is -0.0355. The zero-order chi connectivity index (χ0) is 17.1. The van der Waals surface area contributed by atoms with Crippen LogP contribution < -0.4 is 4.90 Å². The molecule has 0 atom stereocenters. The molecule has 0 saturated carbocycles. The molecule has 5 nitrogen and oxygen atoms in total. The third-order valence-electron chi connectivity index (χ3n) is 4.22. The summed E-state index contributed by atoms with van der Waals surface area (Å²) in [7, 11) is 0. The number of fused-ring (bicyclic) bond motifs is 1. The minimum absolute atomic E-state index is 0.0355. The predicted octanol–water partition coefficient (Wildman–Crippen LogP) is 3.42. The van der Waals surface area contributed by atoms with Crippen LogP contribution in [0.5, 0.6) is 0 Å². The Morgan fingerprint density at radius 1 is 1.12 bits per heavy atom. The Morgan fingerprint density at radius 2 is 1.92 bits per heavy atom. The molecule has 4 rings (SSSR count). The lowest BCUT2D eigenvalue weighted by atomic mass is 10.0. The monoisotopic (exact) mass is 351 g/mol. The zero-order valence-electron chi connectivity index (χ0n) is 13.6. The summed E-state index contributed by atoms with van der Waals surface area (Å²) in [6, 6.07) is 13.8. The molecular weight excluding hydrogens is 334 g/mol. The average Bonchev–Trinajstić information content (AvgIpc) is 3.15. The van der Waals surface area contributed by atoms with Gasteiger partial charge < -0.3 is 9.64 Å². The van der Waals surface area contributed by atoms with Crippen LogP contribution in [0.1, 0.15) is 16.1 Å². The number of nitrogens with zero attached hydrogens (tertiary/aromatic N) is 3. The number of ether oxygens (including phenoxy) is 1. The first-order valence-corrected chi connectivity index (χ1v) is 8.95. The SMILES string of the molecule is O=C(/C=C/c1nnsc1N1CCOCC1)c1ccc2ccccc2c1. The lowest BCUT2D eigenvalue weighted by Crippen LogP contribution is -2.36. The molecule has 3 aromatic rings. The van der Waals surface area contributed by atoms with E-state index in [0.717, 1.165) is 34.6 Å². The van der Waals surface area contributed by atoms with Crippen LogP contribution in [0.15, 0.2) is 48.5 Å². The summed E-state index contributed by atoms with van der Waals surface area (Å²) >= 11 is 1.35. The second-order valence-corrected chi connectivity index (χ2v) is 6.55. The first-order valence-electron chi connectivity index (χ1n) is 8.17. The van der Waals surface area contributed by atoms with Crippen LogP contribution in [0.2, 0.25) is 0 Å². The Balaban J connectivity index is 1.55. The van der Waals surface area contributed by atoms with E-state index in [2.05, 4.69) is 14.5 Å². The van der Waals surface area contributed by atoms with Crippen LogP contribution in [0.25, 0.3) is 16.8 Å². The van der Waals surface area contributed by atoms with Crippen molar-refractivity contribution in [3.05, 3.63) is 59.8 Å². The van der Waals surface area contributed by atoms with Gasteiger partial charge in [-0.05, 0) is 29.0 Å². The first kappa shape index (κ1) is 15.9. The van der Waals surface area contributed by atoms with Crippen molar-refractivity contribution in [2.45, 2.75) is 0 Å². The van der Waals surface area contributed by atoms with Gasteiger partial charge in [0.25, 0.3) is 0 Å². The highest BCUT2D eigenvalue weighted by atomic mass is 32.1. The van der Waals surface area contributed by atoms with Gasteiger partial charge in [-0.25, -0.2) is 0 Å². The highest BCUT2D eigenvalue weighted by Gasteiger charge is 2.17. The summed E-state index contributed by atoms with van der Waals surface area (Å²) < 4.78 is 9.41. The molecule has 1 aliphatic heterocycles. The number of hydrogen-bond donors (Lipinski definition) is 0. The van der Waals surface area contributed by atoms with Gasteiger partial charge in [-0.2, -0.15) is 0 Å². The molecule has 2 aromatic carbocycles. The van der Waals surface area contributed by atoms with Gasteiger partial charge in [-0.1, -0.05) is 40.9 Å². The van der Waals surface area contributed by atoms with Crippen LogP contribution in [-0.2, 0) is 4.74 Å². The molecule has 1 fully saturated rings. The second-order valence-electron chi connectivity index (χ2n) is 5.82. The highest BCUT2D eigenvalue weighted by molar-refractivity contribution is 7.10. The fourth-order valence-electron chi connectivity index (χ4n) is 2.88. The van der Waals surface area contributed by atoms with Gasteiger partial charge in [0, 0.05) is 30.2 Å². The van der Waals surface area contributed by atoms with E-state index in [9.17, 15) is 4.79 Å². The molecule has 1 aliphatic rings. The highest BCUT2D eigenvalue weighted by Crippen LogP contribution is 2.25. The molecule has 126 valence electrons. The van der Waals surface area contributed by atoms with Crippen molar-refractivity contribution in [2.24, 2.45) is 0 Å². The molecular formula is C19H17N3O2S. The lowest BCUT2D eigenvalue weighted by Gasteiger charge is -2.27. The van der Waals surface area contributed by atoms with Crippen LogP contribution in [-0.4, -0.2) is 41.7 Å². The number of ketones is 1. The summed E-state index contributed by atoms with van der Waals surface area (Å²) in [4.78, 5) is 14.7. The normalized spacial score (nSPS) is 15.1. The minimum atomic E-state index is -0.0355. The van der Waals surface area contributed by atoms with Crippen molar-refractivity contribution < 1.29 is 9.53 Å². The number of aromatic nitrogens is 2. The number of hydrogen-bond acceptors (Lipinski definition) is 6. The van der Waals surface area contributed by atoms with Crippen LogP contribution in [0, 0.1) is 0 Å². The summed E-state index contributed by atoms with van der Waals surface area (Å²) in [6.45, 7) is 3.06. The standard InChI is InChI=1S/C19H17N3O2S/c23-18(16-6-5-14-3-1-2-4-15(14)13-16)8-7-17-19(25-21-20-17)22-9-11-24-12-10-22/h1-8,13H,9-12H2/b8-7+. The van der Waals surface area contributed by atoms with E-state index in [1.54, 1.807) is 12.2 Å². The lowest BCUT2D eigenvalue weighted by molar-refractivity contribution is 0.104. The number of carbonyl (C=O) groups excluding carboxylic acids is 1. The van der Waals surface area contributed by atoms with E-state index in [1.807, 2.05) is 42.5 Å². The van der Waals surface area contributed by atoms with E-state index >= 15 is 0 Å². The Morgan fingerprint density at radius 3 is 2.76 bits per heavy atom. The molecule has 6 heteroatoms. The third-order valence-corrected chi connectivity index (χ3v) is 5.02. The molecule has 0 bridgehead atoms. The van der Waals surface area contributed by atoms with Gasteiger partial charge >= 0.3 is 0 Å². The number of carbonyl (C=O) groups is 1. The summed E-state index contributed by atoms with van der Waals surface area (Å²) in [5, 5.41) is 7.33. The first-order chi connectivity index (χ1) is 12.3. The molecule has 0 aliphatic carbocycles. The van der Waals surface area contributed by atoms with E-state index in [0.29, 0.717) is 18.8 Å². The molecule has 0 radical (unpaired) electrons. The van der Waals surface area contributed by atoms with Crippen LogP contribution in [0.4, 0.5) is 5.00 Å². The van der Waals surface area contributed by atoms with E-state index in [-0.39, 0.29) is 5.78 Å². The maximum atomic E-state index is 12.5. The molecule has 0 amide bonds. The van der Waals surface area contributed by atoms with Crippen molar-refractivity contribution in [2.75, 3.05) is 31.2 Å². The van der Waals surface area contributed by atoms with Crippen LogP contribution in [0.3, 0.4) is 0 Å². The van der Waals surface area contributed by atoms with Crippen molar-refractivity contribution in [1.82, 2.24) is 9.59 Å². The van der Waals surface area contributed by atoms with E-state index < -0.39 is 0 Å². The molecule has 0 spiro atoms. The van der Waals surface area contributed by atoms with E-state index in [1.165, 1.54) is 11.5 Å². The molecule has 2 heterocycles. The van der Waals surface area contributed by atoms with Crippen LogP contribution >= 0.6 is 11.5 Å². The zero-order valence-corrected chi connectivity index (χ0v) is 14.4. The average molecular weight is 351 g/mol. The molecule has 1 aromatic heterocycles. The maximum Gasteiger partial charge on any atom is 0.185 e. The van der Waals surface area contributed by atoms with Crippen molar-refractivity contribution >= 4 is 39.2 Å². The van der Waals surface area contributed by atoms with Gasteiger partial charge in [0.1, 0.15) is 10.7 Å². The molecule has 0 N–H and O–H groups in total. The smallest absolute Gasteiger partial charge is 0.185 e. The number of rotatable bonds is 4. The molecule has 25 heavy (non-hydrogen) atoms. The Labute approximate surface area is 149 Å². The fraction of sp³-hybridized carbons (Fsp3) is 0.211.